The molecule has 3 aliphatic rings. The number of fused-ring (bicyclic) bond motifs is 1. The summed E-state index contributed by atoms with van der Waals surface area (Å²) in [4.78, 5) is 40.7. The number of nitrogens with zero attached hydrogens (tertiary/aromatic N) is 1. The lowest BCUT2D eigenvalue weighted by Gasteiger charge is -2.32. The number of benzene rings is 2. The second kappa shape index (κ2) is 10.3. The van der Waals surface area contributed by atoms with Crippen LogP contribution in [0.1, 0.15) is 72.5 Å². The third kappa shape index (κ3) is 5.55. The molecule has 0 saturated carbocycles. The molecule has 2 aromatic carbocycles. The lowest BCUT2D eigenvalue weighted by Crippen LogP contribution is -2.51. The lowest BCUT2D eigenvalue weighted by molar-refractivity contribution is -0.135. The van der Waals surface area contributed by atoms with Crippen molar-refractivity contribution < 1.29 is 28.3 Å². The van der Waals surface area contributed by atoms with Crippen molar-refractivity contribution in [1.82, 2.24) is 15.5 Å². The molecule has 1 aliphatic carbocycles. The average Bonchev–Trinajstić information content (AvgIpc) is 3.16. The van der Waals surface area contributed by atoms with Gasteiger partial charge < -0.3 is 20.6 Å². The zero-order valence-electron chi connectivity index (χ0n) is 22.4. The van der Waals surface area contributed by atoms with E-state index in [0.717, 1.165) is 30.0 Å². The SMILES string of the molecule is CC(C)(O)CN1CC(c2cccc(F)c2F)CCC(NC(=O)c2ccc3c(c2)CCC2(CCNC2=O)C3)C1=O. The van der Waals surface area contributed by atoms with Crippen LogP contribution >= 0.6 is 0 Å². The largest absolute Gasteiger partial charge is 0.389 e. The van der Waals surface area contributed by atoms with E-state index in [9.17, 15) is 28.3 Å². The molecule has 3 unspecified atom stereocenters. The number of carbonyl (C=O) groups is 3. The molecule has 2 fully saturated rings. The van der Waals surface area contributed by atoms with Gasteiger partial charge >= 0.3 is 0 Å². The fourth-order valence-corrected chi connectivity index (χ4v) is 6.36. The highest BCUT2D eigenvalue weighted by molar-refractivity contribution is 5.98. The highest BCUT2D eigenvalue weighted by Crippen LogP contribution is 2.41. The van der Waals surface area contributed by atoms with Crippen LogP contribution in [0.4, 0.5) is 8.78 Å². The van der Waals surface area contributed by atoms with Crippen molar-refractivity contribution in [3.05, 3.63) is 70.3 Å². The Morgan fingerprint density at radius 3 is 2.67 bits per heavy atom. The minimum absolute atomic E-state index is 0.0141. The summed E-state index contributed by atoms with van der Waals surface area (Å²) in [6.45, 7) is 3.93. The van der Waals surface area contributed by atoms with E-state index in [1.54, 1.807) is 19.9 Å². The minimum atomic E-state index is -1.22. The molecule has 208 valence electrons. The Balaban J connectivity index is 1.34. The van der Waals surface area contributed by atoms with Crippen molar-refractivity contribution >= 4 is 17.7 Å². The summed E-state index contributed by atoms with van der Waals surface area (Å²) in [5, 5.41) is 16.2. The maximum absolute atomic E-state index is 14.6. The monoisotopic (exact) mass is 539 g/mol. The number of rotatable bonds is 5. The van der Waals surface area contributed by atoms with E-state index in [1.165, 1.54) is 17.0 Å². The van der Waals surface area contributed by atoms with Crippen LogP contribution in [-0.2, 0) is 22.4 Å². The Kier molecular flexibility index (Phi) is 7.22. The fraction of sp³-hybridized carbons (Fsp3) is 0.500. The zero-order valence-corrected chi connectivity index (χ0v) is 22.4. The maximum atomic E-state index is 14.6. The van der Waals surface area contributed by atoms with Gasteiger partial charge in [-0.2, -0.15) is 0 Å². The summed E-state index contributed by atoms with van der Waals surface area (Å²) < 4.78 is 28.6. The summed E-state index contributed by atoms with van der Waals surface area (Å²) in [7, 11) is 0. The van der Waals surface area contributed by atoms with Crippen LogP contribution in [0.15, 0.2) is 36.4 Å². The summed E-state index contributed by atoms with van der Waals surface area (Å²) >= 11 is 0. The first-order chi connectivity index (χ1) is 18.5. The molecule has 2 saturated heterocycles. The molecule has 3 atom stereocenters. The molecule has 0 radical (unpaired) electrons. The van der Waals surface area contributed by atoms with Gasteiger partial charge in [-0.15, -0.1) is 0 Å². The lowest BCUT2D eigenvalue weighted by atomic mass is 9.70. The number of β-amino-alcohol motifs (C(OH)–C–C–N with tert-alkyl or cyclic N) is 1. The second-order valence-electron chi connectivity index (χ2n) is 11.9. The molecule has 0 aromatic heterocycles. The molecular formula is C30H35F2N3O4. The van der Waals surface area contributed by atoms with Crippen molar-refractivity contribution in [2.75, 3.05) is 19.6 Å². The highest BCUT2D eigenvalue weighted by atomic mass is 19.2. The molecule has 2 heterocycles. The first-order valence-corrected chi connectivity index (χ1v) is 13.6. The summed E-state index contributed by atoms with van der Waals surface area (Å²) in [6.07, 6.45) is 3.51. The smallest absolute Gasteiger partial charge is 0.251 e. The van der Waals surface area contributed by atoms with Crippen molar-refractivity contribution in [3.63, 3.8) is 0 Å². The van der Waals surface area contributed by atoms with Crippen molar-refractivity contribution in [1.29, 1.82) is 0 Å². The molecule has 3 N–H and O–H groups in total. The topological polar surface area (TPSA) is 98.7 Å². The van der Waals surface area contributed by atoms with Crippen LogP contribution in [0, 0.1) is 17.0 Å². The van der Waals surface area contributed by atoms with E-state index in [-0.39, 0.29) is 42.3 Å². The number of hydrogen-bond donors (Lipinski definition) is 3. The van der Waals surface area contributed by atoms with Crippen LogP contribution in [0.3, 0.4) is 0 Å². The maximum Gasteiger partial charge on any atom is 0.251 e. The molecule has 3 amide bonds. The van der Waals surface area contributed by atoms with Gasteiger partial charge in [0.1, 0.15) is 6.04 Å². The van der Waals surface area contributed by atoms with E-state index >= 15 is 0 Å². The third-order valence-corrected chi connectivity index (χ3v) is 8.40. The van der Waals surface area contributed by atoms with Gasteiger partial charge in [0.25, 0.3) is 5.91 Å². The summed E-state index contributed by atoms with van der Waals surface area (Å²) in [5.74, 6) is -3.03. The van der Waals surface area contributed by atoms with E-state index in [2.05, 4.69) is 10.6 Å². The second-order valence-corrected chi connectivity index (χ2v) is 11.9. The Morgan fingerprint density at radius 2 is 1.95 bits per heavy atom. The molecule has 5 rings (SSSR count). The van der Waals surface area contributed by atoms with E-state index in [0.29, 0.717) is 31.4 Å². The van der Waals surface area contributed by atoms with Crippen LogP contribution in [0.25, 0.3) is 0 Å². The molecular weight excluding hydrogens is 504 g/mol. The molecule has 7 nitrogen and oxygen atoms in total. The first kappa shape index (κ1) is 27.2. The van der Waals surface area contributed by atoms with Crippen LogP contribution in [0.2, 0.25) is 0 Å². The number of likely N-dealkylation sites (tertiary alicyclic amines) is 1. The third-order valence-electron chi connectivity index (χ3n) is 8.40. The standard InChI is InChI=1S/C30H35F2N3O4/c1-29(2,39)17-35-16-21(22-4-3-5-23(31)25(22)32)8-9-24(27(35)37)34-26(36)19-6-7-20-15-30(11-10-18(20)14-19)12-13-33-28(30)38/h3-7,14,21,24,39H,8-13,15-17H2,1-2H3,(H,33,38)(H,34,36). The Labute approximate surface area is 227 Å². The van der Waals surface area contributed by atoms with Crippen LogP contribution in [0.5, 0.6) is 0 Å². The van der Waals surface area contributed by atoms with Gasteiger partial charge in [0.05, 0.1) is 11.0 Å². The Bertz CT molecular complexity index is 1310. The predicted molar refractivity (Wildman–Crippen MR) is 141 cm³/mol. The van der Waals surface area contributed by atoms with E-state index < -0.39 is 35.1 Å². The highest BCUT2D eigenvalue weighted by Gasteiger charge is 2.44. The van der Waals surface area contributed by atoms with Crippen LogP contribution in [-0.4, -0.2) is 59.0 Å². The van der Waals surface area contributed by atoms with Crippen molar-refractivity contribution in [2.24, 2.45) is 5.41 Å². The van der Waals surface area contributed by atoms with Gasteiger partial charge in [-0.25, -0.2) is 8.78 Å². The normalized spacial score (nSPS) is 25.3. The summed E-state index contributed by atoms with van der Waals surface area (Å²) in [5.41, 5.74) is 1.14. The van der Waals surface area contributed by atoms with Crippen molar-refractivity contribution in [2.45, 2.75) is 69.9 Å². The fourth-order valence-electron chi connectivity index (χ4n) is 6.36. The number of amides is 3. The average molecular weight is 540 g/mol. The number of aliphatic hydroxyl groups is 1. The predicted octanol–water partition coefficient (Wildman–Crippen LogP) is 3.24. The molecule has 2 aliphatic heterocycles. The molecule has 0 bridgehead atoms. The number of aryl methyl sites for hydroxylation is 1. The number of nitrogens with one attached hydrogen (secondary N) is 2. The van der Waals surface area contributed by atoms with Gasteiger partial charge in [0, 0.05) is 31.1 Å². The van der Waals surface area contributed by atoms with E-state index in [4.69, 9.17) is 0 Å². The number of hydrogen-bond acceptors (Lipinski definition) is 4. The number of carbonyl (C=O) groups excluding carboxylic acids is 3. The van der Waals surface area contributed by atoms with Gasteiger partial charge in [-0.3, -0.25) is 14.4 Å². The van der Waals surface area contributed by atoms with Gasteiger partial charge in [0.2, 0.25) is 11.8 Å². The Morgan fingerprint density at radius 1 is 1.15 bits per heavy atom. The van der Waals surface area contributed by atoms with Crippen molar-refractivity contribution in [3.8, 4) is 0 Å². The Hall–Kier alpha value is -3.33. The van der Waals surface area contributed by atoms with E-state index in [1.807, 2.05) is 12.1 Å². The number of halogens is 2. The van der Waals surface area contributed by atoms with Gasteiger partial charge in [-0.1, -0.05) is 18.2 Å². The van der Waals surface area contributed by atoms with Gasteiger partial charge in [-0.05, 0) is 87.3 Å². The minimum Gasteiger partial charge on any atom is -0.389 e. The molecule has 9 heteroatoms. The summed E-state index contributed by atoms with van der Waals surface area (Å²) in [6, 6.07) is 8.60. The molecule has 1 spiro atoms. The zero-order chi connectivity index (χ0) is 27.9. The first-order valence-electron chi connectivity index (χ1n) is 13.6. The van der Waals surface area contributed by atoms with Crippen LogP contribution < -0.4 is 10.6 Å². The molecule has 2 aromatic rings. The molecule has 39 heavy (non-hydrogen) atoms. The van der Waals surface area contributed by atoms with Gasteiger partial charge in [0.15, 0.2) is 11.6 Å². The quantitative estimate of drug-likeness (QED) is 0.544.